The van der Waals surface area contributed by atoms with Crippen molar-refractivity contribution in [2.45, 2.75) is 44.7 Å². The van der Waals surface area contributed by atoms with Crippen molar-refractivity contribution in [1.82, 2.24) is 31.3 Å². The summed E-state index contributed by atoms with van der Waals surface area (Å²) < 4.78 is 0. The minimum atomic E-state index is -0.0276. The maximum absolute atomic E-state index is 5.23. The largest absolute Gasteiger partial charge is 0.360 e. The molecule has 0 radical (unpaired) electrons. The maximum Gasteiger partial charge on any atom is 0.196 e. The molecule has 88 valence electrons. The molecule has 0 aromatic carbocycles. The van der Waals surface area contributed by atoms with Gasteiger partial charge in [0.2, 0.25) is 0 Å². The SMILES string of the molecule is CC(NC(=S)NC1CCCC1)c1nn[nH]n1. The molecule has 0 aliphatic heterocycles. The number of tetrazole rings is 1. The molecule has 1 aliphatic carbocycles. The van der Waals surface area contributed by atoms with Gasteiger partial charge in [-0.2, -0.15) is 5.21 Å². The Morgan fingerprint density at radius 2 is 2.25 bits per heavy atom. The average Bonchev–Trinajstić information content (AvgIpc) is 2.88. The summed E-state index contributed by atoms with van der Waals surface area (Å²) >= 11 is 5.23. The highest BCUT2D eigenvalue weighted by molar-refractivity contribution is 7.80. The highest BCUT2D eigenvalue weighted by Crippen LogP contribution is 2.17. The Bertz CT molecular complexity index is 332. The van der Waals surface area contributed by atoms with Crippen LogP contribution in [0.25, 0.3) is 0 Å². The maximum atomic E-state index is 5.23. The fourth-order valence-corrected chi connectivity index (χ4v) is 2.25. The predicted molar refractivity (Wildman–Crippen MR) is 63.7 cm³/mol. The quantitative estimate of drug-likeness (QED) is 0.674. The first-order chi connectivity index (χ1) is 7.75. The highest BCUT2D eigenvalue weighted by Gasteiger charge is 2.17. The van der Waals surface area contributed by atoms with Gasteiger partial charge in [0.05, 0.1) is 6.04 Å². The van der Waals surface area contributed by atoms with Crippen LogP contribution in [0.2, 0.25) is 0 Å². The third-order valence-corrected chi connectivity index (χ3v) is 3.02. The molecular weight excluding hydrogens is 224 g/mol. The van der Waals surface area contributed by atoms with Gasteiger partial charge in [-0.05, 0) is 32.0 Å². The molecule has 3 N–H and O–H groups in total. The molecule has 1 aliphatic rings. The van der Waals surface area contributed by atoms with Crippen LogP contribution >= 0.6 is 12.2 Å². The van der Waals surface area contributed by atoms with Gasteiger partial charge in [0.1, 0.15) is 0 Å². The van der Waals surface area contributed by atoms with Gasteiger partial charge in [0.15, 0.2) is 10.9 Å². The Morgan fingerprint density at radius 1 is 1.50 bits per heavy atom. The van der Waals surface area contributed by atoms with Crippen LogP contribution in [0.5, 0.6) is 0 Å². The lowest BCUT2D eigenvalue weighted by molar-refractivity contribution is 0.595. The van der Waals surface area contributed by atoms with E-state index < -0.39 is 0 Å². The summed E-state index contributed by atoms with van der Waals surface area (Å²) in [6.45, 7) is 1.95. The fourth-order valence-electron chi connectivity index (χ4n) is 1.91. The second kappa shape index (κ2) is 5.20. The molecule has 1 saturated carbocycles. The summed E-state index contributed by atoms with van der Waals surface area (Å²) in [4.78, 5) is 0. The van der Waals surface area contributed by atoms with E-state index in [1.807, 2.05) is 6.92 Å². The smallest absolute Gasteiger partial charge is 0.196 e. The van der Waals surface area contributed by atoms with Crippen LogP contribution in [-0.4, -0.2) is 31.8 Å². The van der Waals surface area contributed by atoms with E-state index in [1.54, 1.807) is 0 Å². The Labute approximate surface area is 99.6 Å². The average molecular weight is 240 g/mol. The standard InChI is InChI=1S/C9H16N6S/c1-6(8-12-14-15-13-8)10-9(16)11-7-4-2-3-5-7/h6-7H,2-5H2,1H3,(H2,10,11,16)(H,12,13,14,15). The van der Waals surface area contributed by atoms with Gasteiger partial charge in [-0.25, -0.2) is 0 Å². The van der Waals surface area contributed by atoms with Crippen molar-refractivity contribution in [3.8, 4) is 0 Å². The van der Waals surface area contributed by atoms with Crippen LogP contribution in [0.1, 0.15) is 44.5 Å². The monoisotopic (exact) mass is 240 g/mol. The molecule has 0 spiro atoms. The molecule has 1 fully saturated rings. The summed E-state index contributed by atoms with van der Waals surface area (Å²) in [5, 5.41) is 20.9. The third-order valence-electron chi connectivity index (χ3n) is 2.79. The number of hydrogen-bond donors (Lipinski definition) is 3. The molecule has 6 nitrogen and oxygen atoms in total. The van der Waals surface area contributed by atoms with Gasteiger partial charge >= 0.3 is 0 Å². The topological polar surface area (TPSA) is 78.5 Å². The first-order valence-electron chi connectivity index (χ1n) is 5.56. The van der Waals surface area contributed by atoms with Crippen LogP contribution in [-0.2, 0) is 0 Å². The van der Waals surface area contributed by atoms with Crippen molar-refractivity contribution >= 4 is 17.3 Å². The number of hydrogen-bond acceptors (Lipinski definition) is 4. The van der Waals surface area contributed by atoms with Gasteiger partial charge in [0.25, 0.3) is 0 Å². The van der Waals surface area contributed by atoms with E-state index in [0.29, 0.717) is 17.0 Å². The Hall–Kier alpha value is -1.24. The van der Waals surface area contributed by atoms with Crippen LogP contribution in [0, 0.1) is 0 Å². The van der Waals surface area contributed by atoms with Crippen molar-refractivity contribution in [3.63, 3.8) is 0 Å². The first kappa shape index (κ1) is 11.3. The van der Waals surface area contributed by atoms with E-state index in [-0.39, 0.29) is 6.04 Å². The minimum Gasteiger partial charge on any atom is -0.360 e. The van der Waals surface area contributed by atoms with E-state index in [0.717, 1.165) is 0 Å². The zero-order valence-electron chi connectivity index (χ0n) is 9.23. The number of aromatic nitrogens is 4. The van der Waals surface area contributed by atoms with E-state index in [4.69, 9.17) is 12.2 Å². The predicted octanol–water partition coefficient (Wildman–Crippen LogP) is 0.667. The lowest BCUT2D eigenvalue weighted by Crippen LogP contribution is -2.41. The van der Waals surface area contributed by atoms with Crippen LogP contribution < -0.4 is 10.6 Å². The molecule has 1 aromatic heterocycles. The molecule has 7 heteroatoms. The van der Waals surface area contributed by atoms with Gasteiger partial charge in [0, 0.05) is 6.04 Å². The van der Waals surface area contributed by atoms with Crippen molar-refractivity contribution in [1.29, 1.82) is 0 Å². The number of nitrogens with zero attached hydrogens (tertiary/aromatic N) is 3. The highest BCUT2D eigenvalue weighted by atomic mass is 32.1. The van der Waals surface area contributed by atoms with Gasteiger partial charge < -0.3 is 10.6 Å². The molecule has 0 bridgehead atoms. The van der Waals surface area contributed by atoms with Crippen molar-refractivity contribution in [3.05, 3.63) is 5.82 Å². The molecule has 1 unspecified atom stereocenters. The number of thiocarbonyl (C=S) groups is 1. The molecule has 0 amide bonds. The lowest BCUT2D eigenvalue weighted by atomic mass is 10.2. The second-order valence-corrected chi connectivity index (χ2v) is 4.50. The third kappa shape index (κ3) is 2.88. The summed E-state index contributed by atoms with van der Waals surface area (Å²) in [5.74, 6) is 0.621. The lowest BCUT2D eigenvalue weighted by Gasteiger charge is -2.18. The molecule has 1 heterocycles. The summed E-state index contributed by atoms with van der Waals surface area (Å²) in [5.41, 5.74) is 0. The van der Waals surface area contributed by atoms with Gasteiger partial charge in [-0.1, -0.05) is 18.1 Å². The minimum absolute atomic E-state index is 0.0276. The molecule has 1 aromatic rings. The van der Waals surface area contributed by atoms with Crippen molar-refractivity contribution in [2.24, 2.45) is 0 Å². The summed E-state index contributed by atoms with van der Waals surface area (Å²) in [7, 11) is 0. The molecule has 0 saturated heterocycles. The summed E-state index contributed by atoms with van der Waals surface area (Å²) in [6, 6.07) is 0.498. The van der Waals surface area contributed by atoms with Crippen LogP contribution in [0.3, 0.4) is 0 Å². The Balaban J connectivity index is 1.78. The molecule has 16 heavy (non-hydrogen) atoms. The number of rotatable bonds is 3. The molecule has 2 rings (SSSR count). The fraction of sp³-hybridized carbons (Fsp3) is 0.778. The zero-order chi connectivity index (χ0) is 11.4. The van der Waals surface area contributed by atoms with Crippen LogP contribution in [0.4, 0.5) is 0 Å². The van der Waals surface area contributed by atoms with E-state index in [1.165, 1.54) is 25.7 Å². The van der Waals surface area contributed by atoms with Gasteiger partial charge in [-0.15, -0.1) is 10.2 Å². The first-order valence-corrected chi connectivity index (χ1v) is 5.97. The zero-order valence-corrected chi connectivity index (χ0v) is 10.0. The van der Waals surface area contributed by atoms with Crippen LogP contribution in [0.15, 0.2) is 0 Å². The second-order valence-electron chi connectivity index (χ2n) is 4.09. The van der Waals surface area contributed by atoms with E-state index in [2.05, 4.69) is 31.3 Å². The number of nitrogens with one attached hydrogen (secondary N) is 3. The number of H-pyrrole nitrogens is 1. The van der Waals surface area contributed by atoms with E-state index >= 15 is 0 Å². The van der Waals surface area contributed by atoms with Crippen molar-refractivity contribution < 1.29 is 0 Å². The number of aromatic amines is 1. The molecular formula is C9H16N6S. The van der Waals surface area contributed by atoms with Crippen molar-refractivity contribution in [2.75, 3.05) is 0 Å². The Morgan fingerprint density at radius 3 is 2.88 bits per heavy atom. The van der Waals surface area contributed by atoms with Gasteiger partial charge in [-0.3, -0.25) is 0 Å². The Kier molecular flexibility index (Phi) is 3.66. The van der Waals surface area contributed by atoms with E-state index in [9.17, 15) is 0 Å². The normalized spacial score (nSPS) is 18.3. The summed E-state index contributed by atoms with van der Waals surface area (Å²) in [6.07, 6.45) is 5.00. The molecule has 1 atom stereocenters.